The van der Waals surface area contributed by atoms with Crippen molar-refractivity contribution in [1.29, 1.82) is 0 Å². The molecule has 1 N–H and O–H groups in total. The standard InChI is InChI=1S/C18H37O5P/c1-4-7-8-9-10-11-12-13-14-15-16-17(18(19)20)24(21,22-5-2)23-6-3/h17H,4-16H2,1-3H3,(H,19,20). The van der Waals surface area contributed by atoms with Gasteiger partial charge in [-0.2, -0.15) is 0 Å². The van der Waals surface area contributed by atoms with Crippen LogP contribution in [0.2, 0.25) is 0 Å². The van der Waals surface area contributed by atoms with Crippen molar-refractivity contribution >= 4 is 13.6 Å². The van der Waals surface area contributed by atoms with Gasteiger partial charge in [0.05, 0.1) is 13.2 Å². The zero-order valence-corrected chi connectivity index (χ0v) is 16.7. The van der Waals surface area contributed by atoms with E-state index in [4.69, 9.17) is 9.05 Å². The van der Waals surface area contributed by atoms with Gasteiger partial charge in [-0.1, -0.05) is 71.1 Å². The summed E-state index contributed by atoms with van der Waals surface area (Å²) >= 11 is 0. The van der Waals surface area contributed by atoms with Crippen LogP contribution in [0, 0.1) is 0 Å². The number of hydrogen-bond acceptors (Lipinski definition) is 4. The topological polar surface area (TPSA) is 72.8 Å². The first-order chi connectivity index (χ1) is 11.5. The molecule has 0 aromatic carbocycles. The lowest BCUT2D eigenvalue weighted by molar-refractivity contribution is -0.137. The minimum Gasteiger partial charge on any atom is -0.481 e. The van der Waals surface area contributed by atoms with Crippen LogP contribution in [-0.4, -0.2) is 29.9 Å². The molecule has 0 rings (SSSR count). The number of carboxylic acids is 1. The van der Waals surface area contributed by atoms with E-state index in [0.717, 1.165) is 19.3 Å². The molecule has 0 fully saturated rings. The lowest BCUT2D eigenvalue weighted by atomic mass is 10.1. The maximum atomic E-state index is 12.6. The molecule has 0 bridgehead atoms. The lowest BCUT2D eigenvalue weighted by Gasteiger charge is -2.23. The molecule has 0 radical (unpaired) electrons. The number of rotatable bonds is 17. The maximum Gasteiger partial charge on any atom is 0.344 e. The minimum atomic E-state index is -3.56. The summed E-state index contributed by atoms with van der Waals surface area (Å²) in [6, 6.07) is 0. The fourth-order valence-corrected chi connectivity index (χ4v) is 4.74. The Morgan fingerprint density at radius 3 is 1.62 bits per heavy atom. The largest absolute Gasteiger partial charge is 0.481 e. The highest BCUT2D eigenvalue weighted by molar-refractivity contribution is 7.55. The zero-order chi connectivity index (χ0) is 18.3. The second-order valence-electron chi connectivity index (χ2n) is 6.20. The van der Waals surface area contributed by atoms with E-state index in [1.165, 1.54) is 44.9 Å². The van der Waals surface area contributed by atoms with Crippen LogP contribution in [0.15, 0.2) is 0 Å². The first-order valence-electron chi connectivity index (χ1n) is 9.63. The Hall–Kier alpha value is -0.380. The van der Waals surface area contributed by atoms with Crippen molar-refractivity contribution < 1.29 is 23.5 Å². The van der Waals surface area contributed by atoms with E-state index < -0.39 is 19.2 Å². The Labute approximate surface area is 148 Å². The van der Waals surface area contributed by atoms with Crippen LogP contribution < -0.4 is 0 Å². The Bertz CT molecular complexity index is 349. The van der Waals surface area contributed by atoms with Gasteiger partial charge in [-0.25, -0.2) is 0 Å². The van der Waals surface area contributed by atoms with Crippen LogP contribution in [0.3, 0.4) is 0 Å². The summed E-state index contributed by atoms with van der Waals surface area (Å²) in [7, 11) is -3.56. The molecule has 0 amide bonds. The van der Waals surface area contributed by atoms with E-state index in [0.29, 0.717) is 6.42 Å². The Balaban J connectivity index is 4.01. The van der Waals surface area contributed by atoms with Crippen LogP contribution in [0.4, 0.5) is 0 Å². The van der Waals surface area contributed by atoms with Gasteiger partial charge in [-0.3, -0.25) is 9.36 Å². The summed E-state index contributed by atoms with van der Waals surface area (Å²) in [5, 5.41) is 9.37. The van der Waals surface area contributed by atoms with Gasteiger partial charge in [0.25, 0.3) is 0 Å². The first kappa shape index (κ1) is 23.6. The van der Waals surface area contributed by atoms with Crippen molar-refractivity contribution in [3.8, 4) is 0 Å². The van der Waals surface area contributed by atoms with Crippen LogP contribution in [-0.2, 0) is 18.4 Å². The summed E-state index contributed by atoms with van der Waals surface area (Å²) < 4.78 is 23.0. The summed E-state index contributed by atoms with van der Waals surface area (Å²) in [6.07, 6.45) is 12.2. The van der Waals surface area contributed by atoms with Crippen molar-refractivity contribution in [1.82, 2.24) is 0 Å². The summed E-state index contributed by atoms with van der Waals surface area (Å²) in [5.41, 5.74) is -1.05. The molecule has 0 aromatic rings. The van der Waals surface area contributed by atoms with Gasteiger partial charge < -0.3 is 14.2 Å². The molecule has 0 heterocycles. The predicted molar refractivity (Wildman–Crippen MR) is 98.7 cm³/mol. The van der Waals surface area contributed by atoms with Gasteiger partial charge >= 0.3 is 13.6 Å². The number of carbonyl (C=O) groups is 1. The van der Waals surface area contributed by atoms with Crippen LogP contribution >= 0.6 is 7.60 Å². The van der Waals surface area contributed by atoms with E-state index in [2.05, 4.69) is 6.92 Å². The molecule has 1 atom stereocenters. The molecule has 5 nitrogen and oxygen atoms in total. The second-order valence-corrected chi connectivity index (χ2v) is 8.42. The molecule has 6 heteroatoms. The number of aliphatic carboxylic acids is 1. The van der Waals surface area contributed by atoms with Crippen molar-refractivity contribution in [2.75, 3.05) is 13.2 Å². The molecule has 0 aromatic heterocycles. The Morgan fingerprint density at radius 1 is 0.833 bits per heavy atom. The molecule has 0 aliphatic rings. The van der Waals surface area contributed by atoms with E-state index in [-0.39, 0.29) is 13.2 Å². The Morgan fingerprint density at radius 2 is 1.25 bits per heavy atom. The molecule has 144 valence electrons. The maximum absolute atomic E-state index is 12.6. The summed E-state index contributed by atoms with van der Waals surface area (Å²) in [6.45, 7) is 6.01. The van der Waals surface area contributed by atoms with Crippen LogP contribution in [0.5, 0.6) is 0 Å². The van der Waals surface area contributed by atoms with E-state index in [1.807, 2.05) is 0 Å². The van der Waals surface area contributed by atoms with E-state index in [1.54, 1.807) is 13.8 Å². The molecule has 0 saturated carbocycles. The quantitative estimate of drug-likeness (QED) is 0.252. The molecule has 24 heavy (non-hydrogen) atoms. The van der Waals surface area contributed by atoms with Gasteiger partial charge in [0.1, 0.15) is 0 Å². The number of carboxylic acid groups (broad SMARTS) is 1. The highest BCUT2D eigenvalue weighted by Gasteiger charge is 2.40. The highest BCUT2D eigenvalue weighted by atomic mass is 31.2. The van der Waals surface area contributed by atoms with Crippen molar-refractivity contribution in [2.24, 2.45) is 0 Å². The molecule has 1 unspecified atom stereocenters. The highest BCUT2D eigenvalue weighted by Crippen LogP contribution is 2.54. The molecular weight excluding hydrogens is 327 g/mol. The smallest absolute Gasteiger partial charge is 0.344 e. The Kier molecular flexibility index (Phi) is 14.7. The number of hydrogen-bond donors (Lipinski definition) is 1. The third kappa shape index (κ3) is 10.5. The van der Waals surface area contributed by atoms with Gasteiger partial charge in [0, 0.05) is 0 Å². The van der Waals surface area contributed by atoms with Gasteiger partial charge in [0.2, 0.25) is 0 Å². The lowest BCUT2D eigenvalue weighted by Crippen LogP contribution is -2.23. The molecule has 0 aliphatic carbocycles. The SMILES string of the molecule is CCCCCCCCCCCCC(C(=O)O)P(=O)(OCC)OCC. The van der Waals surface area contributed by atoms with Gasteiger partial charge in [-0.15, -0.1) is 0 Å². The molecule has 0 spiro atoms. The average Bonchev–Trinajstić information content (AvgIpc) is 2.52. The molecule has 0 saturated heterocycles. The van der Waals surface area contributed by atoms with Crippen LogP contribution in [0.25, 0.3) is 0 Å². The predicted octanol–water partition coefficient (Wildman–Crippen LogP) is 6.02. The van der Waals surface area contributed by atoms with Crippen molar-refractivity contribution in [3.63, 3.8) is 0 Å². The normalized spacial score (nSPS) is 13.1. The van der Waals surface area contributed by atoms with Gasteiger partial charge in [0.15, 0.2) is 5.66 Å². The van der Waals surface area contributed by atoms with E-state index in [9.17, 15) is 14.5 Å². The number of unbranched alkanes of at least 4 members (excludes halogenated alkanes) is 9. The molecule has 0 aliphatic heterocycles. The second kappa shape index (κ2) is 14.9. The third-order valence-corrected chi connectivity index (χ3v) is 6.59. The monoisotopic (exact) mass is 364 g/mol. The summed E-state index contributed by atoms with van der Waals surface area (Å²) in [5.74, 6) is -1.09. The first-order valence-corrected chi connectivity index (χ1v) is 11.2. The third-order valence-electron chi connectivity index (χ3n) is 4.12. The van der Waals surface area contributed by atoms with Gasteiger partial charge in [-0.05, 0) is 20.3 Å². The summed E-state index contributed by atoms with van der Waals surface area (Å²) in [4.78, 5) is 11.5. The molecular formula is C18H37O5P. The van der Waals surface area contributed by atoms with Crippen molar-refractivity contribution in [2.45, 2.75) is 97.1 Å². The fraction of sp³-hybridized carbons (Fsp3) is 0.944. The fourth-order valence-electron chi connectivity index (χ4n) is 2.82. The minimum absolute atomic E-state index is 0.194. The van der Waals surface area contributed by atoms with Crippen LogP contribution in [0.1, 0.15) is 91.4 Å². The average molecular weight is 364 g/mol. The van der Waals surface area contributed by atoms with E-state index >= 15 is 0 Å². The van der Waals surface area contributed by atoms with Crippen molar-refractivity contribution in [3.05, 3.63) is 0 Å². The zero-order valence-electron chi connectivity index (χ0n) is 15.8.